The first kappa shape index (κ1) is 9.61. The van der Waals surface area contributed by atoms with Gasteiger partial charge in [-0.25, -0.2) is 4.98 Å². The molecule has 78 valence electrons. The van der Waals surface area contributed by atoms with Crippen molar-refractivity contribution in [2.45, 2.75) is 31.4 Å². The smallest absolute Gasteiger partial charge is 0.159 e. The third kappa shape index (κ3) is 1.42. The average Bonchev–Trinajstić information content (AvgIpc) is 2.72. The van der Waals surface area contributed by atoms with Crippen molar-refractivity contribution in [3.05, 3.63) is 12.2 Å². The highest BCUT2D eigenvalue weighted by molar-refractivity contribution is 5.06. The van der Waals surface area contributed by atoms with E-state index in [2.05, 4.69) is 15.4 Å². The first-order valence-corrected chi connectivity index (χ1v) is 4.92. The topological polar surface area (TPSA) is 63.0 Å². The molecule has 1 aliphatic heterocycles. The van der Waals surface area contributed by atoms with E-state index in [4.69, 9.17) is 0 Å². The molecule has 2 unspecified atom stereocenters. The van der Waals surface area contributed by atoms with Gasteiger partial charge in [0.25, 0.3) is 0 Å². The summed E-state index contributed by atoms with van der Waals surface area (Å²) < 4.78 is 1.62. The van der Waals surface area contributed by atoms with Crippen molar-refractivity contribution in [2.24, 2.45) is 7.05 Å². The van der Waals surface area contributed by atoms with Crippen LogP contribution < -0.4 is 5.32 Å². The molecule has 0 bridgehead atoms. The van der Waals surface area contributed by atoms with Crippen molar-refractivity contribution in [3.63, 3.8) is 0 Å². The third-order valence-electron chi connectivity index (χ3n) is 2.90. The molecule has 1 aliphatic rings. The average molecular weight is 196 g/mol. The summed E-state index contributed by atoms with van der Waals surface area (Å²) in [6.07, 6.45) is 3.57. The Hall–Kier alpha value is -0.940. The van der Waals surface area contributed by atoms with Crippen LogP contribution in [0.25, 0.3) is 0 Å². The van der Waals surface area contributed by atoms with Crippen molar-refractivity contribution in [3.8, 4) is 0 Å². The largest absolute Gasteiger partial charge is 0.381 e. The zero-order valence-electron chi connectivity index (χ0n) is 8.56. The molecule has 2 N–H and O–H groups in total. The molecule has 1 saturated heterocycles. The fourth-order valence-electron chi connectivity index (χ4n) is 2.07. The van der Waals surface area contributed by atoms with E-state index in [0.29, 0.717) is 5.82 Å². The molecule has 0 amide bonds. The number of hydrogen-bond acceptors (Lipinski definition) is 4. The van der Waals surface area contributed by atoms with Crippen LogP contribution in [0.4, 0.5) is 0 Å². The van der Waals surface area contributed by atoms with Crippen LogP contribution in [-0.4, -0.2) is 32.5 Å². The van der Waals surface area contributed by atoms with Gasteiger partial charge in [0.2, 0.25) is 0 Å². The maximum Gasteiger partial charge on any atom is 0.159 e. The highest BCUT2D eigenvalue weighted by Gasteiger charge is 2.38. The van der Waals surface area contributed by atoms with Crippen LogP contribution in [0.1, 0.15) is 25.6 Å². The Morgan fingerprint density at radius 2 is 2.50 bits per heavy atom. The van der Waals surface area contributed by atoms with Gasteiger partial charge in [0.05, 0.1) is 0 Å². The van der Waals surface area contributed by atoms with E-state index in [-0.39, 0.29) is 6.04 Å². The summed E-state index contributed by atoms with van der Waals surface area (Å²) in [7, 11) is 1.80. The van der Waals surface area contributed by atoms with E-state index in [1.54, 1.807) is 18.7 Å². The molecule has 2 rings (SSSR count). The van der Waals surface area contributed by atoms with Gasteiger partial charge in [-0.2, -0.15) is 5.10 Å². The second kappa shape index (κ2) is 3.33. The summed E-state index contributed by atoms with van der Waals surface area (Å²) in [5.74, 6) is 0.622. The van der Waals surface area contributed by atoms with Crippen molar-refractivity contribution < 1.29 is 5.11 Å². The number of aryl methyl sites for hydroxylation is 1. The summed E-state index contributed by atoms with van der Waals surface area (Å²) in [4.78, 5) is 4.09. The highest BCUT2D eigenvalue weighted by atomic mass is 16.3. The van der Waals surface area contributed by atoms with E-state index in [1.807, 2.05) is 0 Å². The normalized spacial score (nSPS) is 26.4. The van der Waals surface area contributed by atoms with Crippen LogP contribution in [0.15, 0.2) is 6.33 Å². The van der Waals surface area contributed by atoms with Gasteiger partial charge in [-0.3, -0.25) is 4.68 Å². The van der Waals surface area contributed by atoms with Gasteiger partial charge in [-0.1, -0.05) is 0 Å². The molecule has 0 aliphatic carbocycles. The Labute approximate surface area is 83.2 Å². The number of hydrogen-bond donors (Lipinski definition) is 2. The Morgan fingerprint density at radius 3 is 3.00 bits per heavy atom. The quantitative estimate of drug-likeness (QED) is 0.686. The SMILES string of the molecule is Cn1ncnc1C(C)(O)C1CCCN1. The molecule has 1 fully saturated rings. The lowest BCUT2D eigenvalue weighted by Gasteiger charge is -2.28. The maximum atomic E-state index is 10.4. The number of aliphatic hydroxyl groups is 1. The molecule has 0 spiro atoms. The lowest BCUT2D eigenvalue weighted by molar-refractivity contribution is 0.00985. The van der Waals surface area contributed by atoms with E-state index in [9.17, 15) is 5.11 Å². The molecule has 1 aromatic heterocycles. The van der Waals surface area contributed by atoms with E-state index < -0.39 is 5.60 Å². The van der Waals surface area contributed by atoms with Crippen LogP contribution in [0, 0.1) is 0 Å². The van der Waals surface area contributed by atoms with Gasteiger partial charge < -0.3 is 10.4 Å². The number of rotatable bonds is 2. The molecule has 0 radical (unpaired) electrons. The first-order chi connectivity index (χ1) is 6.62. The molecule has 2 atom stereocenters. The van der Waals surface area contributed by atoms with Gasteiger partial charge in [-0.05, 0) is 26.3 Å². The van der Waals surface area contributed by atoms with Crippen LogP contribution >= 0.6 is 0 Å². The molecule has 0 aromatic carbocycles. The molecule has 14 heavy (non-hydrogen) atoms. The lowest BCUT2D eigenvalue weighted by Crippen LogP contribution is -2.44. The maximum absolute atomic E-state index is 10.4. The van der Waals surface area contributed by atoms with Gasteiger partial charge >= 0.3 is 0 Å². The van der Waals surface area contributed by atoms with Gasteiger partial charge in [-0.15, -0.1) is 0 Å². The Balaban J connectivity index is 2.26. The predicted octanol–water partition coefficient (Wildman–Crippen LogP) is -0.225. The summed E-state index contributed by atoms with van der Waals surface area (Å²) in [5, 5.41) is 17.6. The van der Waals surface area contributed by atoms with Crippen LogP contribution in [0.3, 0.4) is 0 Å². The minimum Gasteiger partial charge on any atom is -0.381 e. The zero-order valence-corrected chi connectivity index (χ0v) is 8.56. The van der Waals surface area contributed by atoms with E-state index in [0.717, 1.165) is 19.4 Å². The van der Waals surface area contributed by atoms with Crippen molar-refractivity contribution in [1.82, 2.24) is 20.1 Å². The Bertz CT molecular complexity index is 314. The fraction of sp³-hybridized carbons (Fsp3) is 0.778. The minimum atomic E-state index is -0.929. The molecule has 5 heteroatoms. The molecule has 5 nitrogen and oxygen atoms in total. The molecule has 0 saturated carbocycles. The summed E-state index contributed by atoms with van der Waals surface area (Å²) in [6, 6.07) is 0.0883. The third-order valence-corrected chi connectivity index (χ3v) is 2.90. The predicted molar refractivity (Wildman–Crippen MR) is 51.6 cm³/mol. The zero-order chi connectivity index (χ0) is 10.2. The summed E-state index contributed by atoms with van der Waals surface area (Å²) in [5.41, 5.74) is -0.929. The highest BCUT2D eigenvalue weighted by Crippen LogP contribution is 2.27. The lowest BCUT2D eigenvalue weighted by atomic mass is 9.94. The van der Waals surface area contributed by atoms with E-state index in [1.165, 1.54) is 6.33 Å². The van der Waals surface area contributed by atoms with Crippen LogP contribution in [0.2, 0.25) is 0 Å². The Morgan fingerprint density at radius 1 is 1.71 bits per heavy atom. The first-order valence-electron chi connectivity index (χ1n) is 4.92. The second-order valence-electron chi connectivity index (χ2n) is 4.00. The number of nitrogens with zero attached hydrogens (tertiary/aromatic N) is 3. The fourth-order valence-corrected chi connectivity index (χ4v) is 2.07. The van der Waals surface area contributed by atoms with Crippen molar-refractivity contribution >= 4 is 0 Å². The monoisotopic (exact) mass is 196 g/mol. The Kier molecular flexibility index (Phi) is 2.28. The van der Waals surface area contributed by atoms with Crippen molar-refractivity contribution in [2.75, 3.05) is 6.54 Å². The van der Waals surface area contributed by atoms with Crippen LogP contribution in [0.5, 0.6) is 0 Å². The number of aromatic nitrogens is 3. The molecule has 1 aromatic rings. The van der Waals surface area contributed by atoms with Crippen molar-refractivity contribution in [1.29, 1.82) is 0 Å². The van der Waals surface area contributed by atoms with Gasteiger partial charge in [0.1, 0.15) is 11.9 Å². The van der Waals surface area contributed by atoms with Crippen LogP contribution in [-0.2, 0) is 12.6 Å². The molecular weight excluding hydrogens is 180 g/mol. The van der Waals surface area contributed by atoms with Gasteiger partial charge in [0.15, 0.2) is 5.82 Å². The molecule has 2 heterocycles. The number of nitrogens with one attached hydrogen (secondary N) is 1. The standard InChI is InChI=1S/C9H16N4O/c1-9(14,7-4-3-5-10-7)8-11-6-12-13(8)2/h6-7,10,14H,3-5H2,1-2H3. The minimum absolute atomic E-state index is 0.0883. The second-order valence-corrected chi connectivity index (χ2v) is 4.00. The molecular formula is C9H16N4O. The van der Waals surface area contributed by atoms with Gasteiger partial charge in [0, 0.05) is 13.1 Å². The summed E-state index contributed by atoms with van der Waals surface area (Å²) >= 11 is 0. The van der Waals surface area contributed by atoms with E-state index >= 15 is 0 Å². The summed E-state index contributed by atoms with van der Waals surface area (Å²) in [6.45, 7) is 2.76.